The van der Waals surface area contributed by atoms with Gasteiger partial charge in [0.2, 0.25) is 0 Å². The van der Waals surface area contributed by atoms with Crippen molar-refractivity contribution in [2.75, 3.05) is 29.9 Å². The molecule has 1 aliphatic heterocycles. The Kier molecular flexibility index (Phi) is 6.05. The number of nitrogens with one attached hydrogen (secondary N) is 2. The zero-order valence-corrected chi connectivity index (χ0v) is 16.5. The maximum absolute atomic E-state index is 12.5. The van der Waals surface area contributed by atoms with E-state index in [4.69, 9.17) is 0 Å². The normalized spacial score (nSPS) is 13.3. The summed E-state index contributed by atoms with van der Waals surface area (Å²) in [6.07, 6.45) is 5.01. The van der Waals surface area contributed by atoms with E-state index in [0.717, 1.165) is 25.2 Å². The summed E-state index contributed by atoms with van der Waals surface area (Å²) in [5, 5.41) is 6.27. The number of carbonyl (C=O) groups excluding carboxylic acids is 1. The molecular formula is C24H26N4O. The van der Waals surface area contributed by atoms with Crippen molar-refractivity contribution in [2.24, 2.45) is 0 Å². The summed E-state index contributed by atoms with van der Waals surface area (Å²) in [7, 11) is 0. The largest absolute Gasteiger partial charge is 0.372 e. The Hall–Kier alpha value is -3.34. The quantitative estimate of drug-likeness (QED) is 0.632. The molecule has 2 heterocycles. The zero-order chi connectivity index (χ0) is 19.9. The molecule has 2 N–H and O–H groups in total. The Morgan fingerprint density at radius 2 is 1.72 bits per heavy atom. The van der Waals surface area contributed by atoms with E-state index in [2.05, 4.69) is 56.9 Å². The Morgan fingerprint density at radius 1 is 0.966 bits per heavy atom. The zero-order valence-electron chi connectivity index (χ0n) is 16.5. The molecule has 5 nitrogen and oxygen atoms in total. The molecule has 0 spiro atoms. The summed E-state index contributed by atoms with van der Waals surface area (Å²) in [5.41, 5.74) is 4.03. The lowest BCUT2D eigenvalue weighted by atomic mass is 10.1. The highest BCUT2D eigenvalue weighted by Crippen LogP contribution is 2.23. The van der Waals surface area contributed by atoms with E-state index in [1.54, 1.807) is 18.3 Å². The van der Waals surface area contributed by atoms with Gasteiger partial charge >= 0.3 is 0 Å². The molecule has 1 aromatic heterocycles. The van der Waals surface area contributed by atoms with Crippen molar-refractivity contribution in [2.45, 2.75) is 19.3 Å². The minimum absolute atomic E-state index is 0.0873. The fourth-order valence-corrected chi connectivity index (χ4v) is 3.59. The third-order valence-electron chi connectivity index (χ3n) is 5.18. The molecule has 1 amide bonds. The van der Waals surface area contributed by atoms with Gasteiger partial charge in [-0.3, -0.25) is 4.79 Å². The highest BCUT2D eigenvalue weighted by molar-refractivity contribution is 5.94. The first kappa shape index (κ1) is 19.0. The average Bonchev–Trinajstić information content (AvgIpc) is 3.30. The van der Waals surface area contributed by atoms with Crippen molar-refractivity contribution >= 4 is 23.1 Å². The smallest absolute Gasteiger partial charge is 0.251 e. The average molecular weight is 386 g/mol. The van der Waals surface area contributed by atoms with E-state index in [1.807, 2.05) is 18.2 Å². The monoisotopic (exact) mass is 386 g/mol. The third kappa shape index (κ3) is 5.13. The van der Waals surface area contributed by atoms with Crippen LogP contribution in [0.2, 0.25) is 0 Å². The molecule has 4 rings (SSSR count). The number of hydrogen-bond donors (Lipinski definition) is 2. The van der Waals surface area contributed by atoms with Gasteiger partial charge < -0.3 is 15.5 Å². The SMILES string of the molecule is O=C(NCCc1ccccc1)c1ccnc(Nc2ccc(N3CCCC3)cc2)c1. The topological polar surface area (TPSA) is 57.3 Å². The van der Waals surface area contributed by atoms with Crippen molar-refractivity contribution in [1.29, 1.82) is 0 Å². The first-order chi connectivity index (χ1) is 14.3. The van der Waals surface area contributed by atoms with Crippen molar-refractivity contribution in [3.05, 3.63) is 84.1 Å². The minimum atomic E-state index is -0.0873. The first-order valence-corrected chi connectivity index (χ1v) is 10.2. The first-order valence-electron chi connectivity index (χ1n) is 10.2. The van der Waals surface area contributed by atoms with E-state index in [1.165, 1.54) is 24.1 Å². The Balaban J connectivity index is 1.33. The molecule has 0 aliphatic carbocycles. The third-order valence-corrected chi connectivity index (χ3v) is 5.18. The highest BCUT2D eigenvalue weighted by atomic mass is 16.1. The fourth-order valence-electron chi connectivity index (χ4n) is 3.59. The van der Waals surface area contributed by atoms with Crippen LogP contribution in [0.4, 0.5) is 17.2 Å². The molecule has 0 atom stereocenters. The van der Waals surface area contributed by atoms with Crippen LogP contribution in [-0.4, -0.2) is 30.5 Å². The van der Waals surface area contributed by atoms with Crippen LogP contribution in [0, 0.1) is 0 Å². The van der Waals surface area contributed by atoms with Gasteiger partial charge in [0.1, 0.15) is 5.82 Å². The van der Waals surface area contributed by atoms with E-state index in [-0.39, 0.29) is 5.91 Å². The van der Waals surface area contributed by atoms with Crippen LogP contribution >= 0.6 is 0 Å². The molecule has 1 aliphatic rings. The lowest BCUT2D eigenvalue weighted by molar-refractivity contribution is 0.0954. The predicted octanol–water partition coefficient (Wildman–Crippen LogP) is 4.40. The second-order valence-corrected chi connectivity index (χ2v) is 7.29. The predicted molar refractivity (Wildman–Crippen MR) is 118 cm³/mol. The van der Waals surface area contributed by atoms with Crippen molar-refractivity contribution in [1.82, 2.24) is 10.3 Å². The molecule has 3 aromatic rings. The molecule has 2 aromatic carbocycles. The van der Waals surface area contributed by atoms with Gasteiger partial charge in [-0.1, -0.05) is 30.3 Å². The number of hydrogen-bond acceptors (Lipinski definition) is 4. The highest BCUT2D eigenvalue weighted by Gasteiger charge is 2.12. The summed E-state index contributed by atoms with van der Waals surface area (Å²) in [5.74, 6) is 0.574. The van der Waals surface area contributed by atoms with Crippen LogP contribution in [0.15, 0.2) is 72.9 Å². The van der Waals surface area contributed by atoms with Gasteiger partial charge in [0.05, 0.1) is 0 Å². The van der Waals surface area contributed by atoms with Crippen LogP contribution < -0.4 is 15.5 Å². The van der Waals surface area contributed by atoms with Gasteiger partial charge in [-0.2, -0.15) is 0 Å². The molecule has 148 valence electrons. The van der Waals surface area contributed by atoms with Crippen LogP contribution in [0.3, 0.4) is 0 Å². The van der Waals surface area contributed by atoms with E-state index in [9.17, 15) is 4.79 Å². The fraction of sp³-hybridized carbons (Fsp3) is 0.250. The van der Waals surface area contributed by atoms with Crippen LogP contribution in [0.25, 0.3) is 0 Å². The van der Waals surface area contributed by atoms with Crippen LogP contribution in [0.1, 0.15) is 28.8 Å². The van der Waals surface area contributed by atoms with Gasteiger partial charge in [0, 0.05) is 42.8 Å². The number of aromatic nitrogens is 1. The Bertz CT molecular complexity index is 935. The van der Waals surface area contributed by atoms with Gasteiger partial charge in [0.15, 0.2) is 0 Å². The standard InChI is InChI=1S/C24H26N4O/c29-24(26-14-12-19-6-2-1-3-7-19)20-13-15-25-23(18-20)27-21-8-10-22(11-9-21)28-16-4-5-17-28/h1-3,6-11,13,15,18H,4-5,12,14,16-17H2,(H,25,27)(H,26,29). The summed E-state index contributed by atoms with van der Waals surface area (Å²) in [6, 6.07) is 22.0. The molecule has 0 saturated carbocycles. The molecule has 5 heteroatoms. The van der Waals surface area contributed by atoms with Gasteiger partial charge in [-0.05, 0) is 61.2 Å². The Labute approximate surface area is 171 Å². The lowest BCUT2D eigenvalue weighted by Gasteiger charge is -2.18. The van der Waals surface area contributed by atoms with E-state index < -0.39 is 0 Å². The minimum Gasteiger partial charge on any atom is -0.372 e. The maximum atomic E-state index is 12.5. The molecule has 0 unspecified atom stereocenters. The molecule has 1 fully saturated rings. The van der Waals surface area contributed by atoms with Gasteiger partial charge in [0.25, 0.3) is 5.91 Å². The summed E-state index contributed by atoms with van der Waals surface area (Å²) >= 11 is 0. The van der Waals surface area contributed by atoms with Crippen molar-refractivity contribution < 1.29 is 4.79 Å². The molecular weight excluding hydrogens is 360 g/mol. The summed E-state index contributed by atoms with van der Waals surface area (Å²) < 4.78 is 0. The number of pyridine rings is 1. The summed E-state index contributed by atoms with van der Waals surface area (Å²) in [4.78, 5) is 19.2. The van der Waals surface area contributed by atoms with E-state index in [0.29, 0.717) is 17.9 Å². The summed E-state index contributed by atoms with van der Waals surface area (Å²) in [6.45, 7) is 2.87. The van der Waals surface area contributed by atoms with E-state index >= 15 is 0 Å². The van der Waals surface area contributed by atoms with Crippen LogP contribution in [0.5, 0.6) is 0 Å². The lowest BCUT2D eigenvalue weighted by Crippen LogP contribution is -2.25. The number of rotatable bonds is 7. The number of anilines is 3. The van der Waals surface area contributed by atoms with Gasteiger partial charge in [-0.25, -0.2) is 4.98 Å². The van der Waals surface area contributed by atoms with Gasteiger partial charge in [-0.15, -0.1) is 0 Å². The van der Waals surface area contributed by atoms with Crippen molar-refractivity contribution in [3.8, 4) is 0 Å². The molecule has 29 heavy (non-hydrogen) atoms. The Morgan fingerprint density at radius 3 is 2.48 bits per heavy atom. The van der Waals surface area contributed by atoms with Crippen LogP contribution in [-0.2, 0) is 6.42 Å². The number of amides is 1. The number of nitrogens with zero attached hydrogens (tertiary/aromatic N) is 2. The number of carbonyl (C=O) groups is 1. The van der Waals surface area contributed by atoms with Crippen molar-refractivity contribution in [3.63, 3.8) is 0 Å². The number of benzene rings is 2. The molecule has 1 saturated heterocycles. The molecule has 0 bridgehead atoms. The second-order valence-electron chi connectivity index (χ2n) is 7.29. The maximum Gasteiger partial charge on any atom is 0.251 e. The molecule has 0 radical (unpaired) electrons. The second kappa shape index (κ2) is 9.24.